The van der Waals surface area contributed by atoms with E-state index < -0.39 is 5.54 Å². The van der Waals surface area contributed by atoms with Gasteiger partial charge in [0.25, 0.3) is 0 Å². The van der Waals surface area contributed by atoms with Crippen LogP contribution in [0.1, 0.15) is 18.1 Å². The molecule has 21 heavy (non-hydrogen) atoms. The number of nitrogens with zero attached hydrogens (tertiary/aromatic N) is 2. The van der Waals surface area contributed by atoms with Gasteiger partial charge < -0.3 is 4.57 Å². The molecule has 1 heterocycles. The molecule has 0 radical (unpaired) electrons. The van der Waals surface area contributed by atoms with Crippen LogP contribution in [0.15, 0.2) is 79.4 Å². The average Bonchev–Trinajstić information content (AvgIpc) is 3.04. The molecule has 0 aliphatic carbocycles. The monoisotopic (exact) mass is 276 g/mol. The Kier molecular flexibility index (Phi) is 3.40. The van der Waals surface area contributed by atoms with Gasteiger partial charge in [0.05, 0.1) is 6.33 Å². The Morgan fingerprint density at radius 1 is 0.952 bits per heavy atom. The number of carbonyl (C=O) groups is 1. The zero-order valence-corrected chi connectivity index (χ0v) is 11.8. The van der Waals surface area contributed by atoms with E-state index in [0.717, 1.165) is 11.1 Å². The average molecular weight is 276 g/mol. The van der Waals surface area contributed by atoms with E-state index in [9.17, 15) is 4.79 Å². The normalized spacial score (nSPS) is 11.3. The lowest BCUT2D eigenvalue weighted by Crippen LogP contribution is -2.42. The van der Waals surface area contributed by atoms with Crippen molar-refractivity contribution in [3.8, 4) is 0 Å². The van der Waals surface area contributed by atoms with Gasteiger partial charge in [0.15, 0.2) is 11.3 Å². The Morgan fingerprint density at radius 3 is 1.86 bits per heavy atom. The Balaban J connectivity index is 2.36. The lowest BCUT2D eigenvalue weighted by atomic mass is 9.79. The molecule has 2 aromatic carbocycles. The lowest BCUT2D eigenvalue weighted by molar-refractivity contribution is -0.122. The van der Waals surface area contributed by atoms with Crippen LogP contribution in [0, 0.1) is 0 Å². The summed E-state index contributed by atoms with van der Waals surface area (Å²) in [5, 5.41) is 0. The van der Waals surface area contributed by atoms with Crippen LogP contribution in [0.3, 0.4) is 0 Å². The number of Topliss-reactive ketones (excluding diaryl/α,β-unsaturated/α-hetero) is 1. The number of imidazole rings is 1. The highest BCUT2D eigenvalue weighted by molar-refractivity contribution is 5.91. The van der Waals surface area contributed by atoms with E-state index in [2.05, 4.69) is 4.98 Å². The number of hydrogen-bond donors (Lipinski definition) is 0. The first-order chi connectivity index (χ1) is 10.3. The second-order valence-electron chi connectivity index (χ2n) is 4.97. The van der Waals surface area contributed by atoms with E-state index in [4.69, 9.17) is 0 Å². The van der Waals surface area contributed by atoms with Gasteiger partial charge in [-0.05, 0) is 18.1 Å². The molecule has 0 unspecified atom stereocenters. The van der Waals surface area contributed by atoms with Crippen LogP contribution < -0.4 is 0 Å². The van der Waals surface area contributed by atoms with Gasteiger partial charge >= 0.3 is 0 Å². The molecule has 3 rings (SSSR count). The fraction of sp³-hybridized carbons (Fsp3) is 0.111. The zero-order valence-electron chi connectivity index (χ0n) is 11.8. The first kappa shape index (κ1) is 13.3. The van der Waals surface area contributed by atoms with Crippen LogP contribution in [-0.4, -0.2) is 15.3 Å². The summed E-state index contributed by atoms with van der Waals surface area (Å²) in [6, 6.07) is 19.6. The van der Waals surface area contributed by atoms with Gasteiger partial charge in [-0.15, -0.1) is 0 Å². The van der Waals surface area contributed by atoms with Crippen LogP contribution >= 0.6 is 0 Å². The maximum absolute atomic E-state index is 12.7. The highest BCUT2D eigenvalue weighted by Crippen LogP contribution is 2.34. The maximum atomic E-state index is 12.7. The molecule has 104 valence electrons. The summed E-state index contributed by atoms with van der Waals surface area (Å²) in [7, 11) is 0. The van der Waals surface area contributed by atoms with E-state index in [1.165, 1.54) is 0 Å². The number of benzene rings is 2. The van der Waals surface area contributed by atoms with Crippen molar-refractivity contribution in [2.24, 2.45) is 0 Å². The summed E-state index contributed by atoms with van der Waals surface area (Å²) in [5.41, 5.74) is 0.988. The van der Waals surface area contributed by atoms with Crippen molar-refractivity contribution in [2.45, 2.75) is 12.5 Å². The molecule has 0 saturated carbocycles. The molecule has 3 nitrogen and oxygen atoms in total. The van der Waals surface area contributed by atoms with Crippen molar-refractivity contribution in [3.05, 3.63) is 90.5 Å². The zero-order chi connectivity index (χ0) is 14.7. The summed E-state index contributed by atoms with van der Waals surface area (Å²) >= 11 is 0. The molecular formula is C18H16N2O. The fourth-order valence-corrected chi connectivity index (χ4v) is 2.87. The Labute approximate surface area is 123 Å². The Morgan fingerprint density at radius 2 is 1.48 bits per heavy atom. The van der Waals surface area contributed by atoms with Crippen LogP contribution in [-0.2, 0) is 10.3 Å². The van der Waals surface area contributed by atoms with Crippen LogP contribution in [0.4, 0.5) is 0 Å². The van der Waals surface area contributed by atoms with Crippen molar-refractivity contribution in [2.75, 3.05) is 0 Å². The molecule has 0 aliphatic heterocycles. The summed E-state index contributed by atoms with van der Waals surface area (Å²) in [4.78, 5) is 16.8. The van der Waals surface area contributed by atoms with E-state index in [-0.39, 0.29) is 5.78 Å². The fourth-order valence-electron chi connectivity index (χ4n) is 2.87. The smallest absolute Gasteiger partial charge is 0.164 e. The standard InChI is InChI=1S/C18H16N2O/c1-15(21)18(20-13-12-19-14-20,16-8-4-2-5-9-16)17-10-6-3-7-11-17/h2-14H,1H3. The topological polar surface area (TPSA) is 34.9 Å². The van der Waals surface area contributed by atoms with Gasteiger partial charge in [-0.25, -0.2) is 4.98 Å². The van der Waals surface area contributed by atoms with Gasteiger partial charge in [-0.3, -0.25) is 4.79 Å². The summed E-state index contributed by atoms with van der Waals surface area (Å²) < 4.78 is 1.88. The van der Waals surface area contributed by atoms with Gasteiger partial charge in [0.2, 0.25) is 0 Å². The highest BCUT2D eigenvalue weighted by atomic mass is 16.1. The van der Waals surface area contributed by atoms with E-state index in [1.54, 1.807) is 19.4 Å². The molecule has 0 amide bonds. The summed E-state index contributed by atoms with van der Waals surface area (Å²) in [5.74, 6) is 0.0536. The quantitative estimate of drug-likeness (QED) is 0.733. The van der Waals surface area contributed by atoms with Gasteiger partial charge in [0.1, 0.15) is 0 Å². The van der Waals surface area contributed by atoms with E-state index in [1.807, 2.05) is 71.4 Å². The largest absolute Gasteiger partial charge is 0.316 e. The van der Waals surface area contributed by atoms with Crippen LogP contribution in [0.25, 0.3) is 0 Å². The van der Waals surface area contributed by atoms with Gasteiger partial charge in [-0.2, -0.15) is 0 Å². The second kappa shape index (κ2) is 5.37. The third kappa shape index (κ3) is 2.07. The first-order valence-corrected chi connectivity index (χ1v) is 6.87. The predicted molar refractivity (Wildman–Crippen MR) is 82.0 cm³/mol. The second-order valence-corrected chi connectivity index (χ2v) is 4.97. The minimum absolute atomic E-state index is 0.0536. The summed E-state index contributed by atoms with van der Waals surface area (Å²) in [6.07, 6.45) is 5.23. The number of carbonyl (C=O) groups excluding carboxylic acids is 1. The molecule has 0 spiro atoms. The minimum atomic E-state index is -0.876. The predicted octanol–water partition coefficient (Wildman–Crippen LogP) is 3.26. The van der Waals surface area contributed by atoms with Crippen molar-refractivity contribution >= 4 is 5.78 Å². The van der Waals surface area contributed by atoms with Crippen LogP contribution in [0.2, 0.25) is 0 Å². The molecule has 3 heteroatoms. The summed E-state index contributed by atoms with van der Waals surface area (Å²) in [6.45, 7) is 1.62. The SMILES string of the molecule is CC(=O)C(c1ccccc1)(c1ccccc1)n1ccnc1. The first-order valence-electron chi connectivity index (χ1n) is 6.87. The van der Waals surface area contributed by atoms with E-state index in [0.29, 0.717) is 0 Å². The Bertz CT molecular complexity index is 679. The molecule has 1 aromatic heterocycles. The van der Waals surface area contributed by atoms with E-state index >= 15 is 0 Å². The van der Waals surface area contributed by atoms with Gasteiger partial charge in [-0.1, -0.05) is 60.7 Å². The molecule has 3 aromatic rings. The van der Waals surface area contributed by atoms with Crippen molar-refractivity contribution in [1.82, 2.24) is 9.55 Å². The van der Waals surface area contributed by atoms with Crippen molar-refractivity contribution < 1.29 is 4.79 Å². The third-order valence-electron chi connectivity index (χ3n) is 3.78. The van der Waals surface area contributed by atoms with Crippen molar-refractivity contribution in [1.29, 1.82) is 0 Å². The van der Waals surface area contributed by atoms with Crippen molar-refractivity contribution in [3.63, 3.8) is 0 Å². The molecule has 0 saturated heterocycles. The number of rotatable bonds is 4. The molecule has 0 N–H and O–H groups in total. The van der Waals surface area contributed by atoms with Gasteiger partial charge in [0, 0.05) is 12.4 Å². The lowest BCUT2D eigenvalue weighted by Gasteiger charge is -2.34. The number of ketones is 1. The van der Waals surface area contributed by atoms with Crippen LogP contribution in [0.5, 0.6) is 0 Å². The third-order valence-corrected chi connectivity index (χ3v) is 3.78. The highest BCUT2D eigenvalue weighted by Gasteiger charge is 2.40. The molecular weight excluding hydrogens is 260 g/mol. The Hall–Kier alpha value is -2.68. The molecule has 0 atom stereocenters. The maximum Gasteiger partial charge on any atom is 0.164 e. The number of aromatic nitrogens is 2. The molecule has 0 fully saturated rings. The number of hydrogen-bond acceptors (Lipinski definition) is 2. The molecule has 0 aliphatic rings. The molecule has 0 bridgehead atoms. The minimum Gasteiger partial charge on any atom is -0.316 e.